The number of aromatic nitrogens is 2. The van der Waals surface area contributed by atoms with E-state index in [1.165, 1.54) is 5.56 Å². The lowest BCUT2D eigenvalue weighted by molar-refractivity contribution is 0.629. The summed E-state index contributed by atoms with van der Waals surface area (Å²) in [6.07, 6.45) is 3.87. The molecular weight excluding hydrogens is 292 g/mol. The Morgan fingerprint density at radius 2 is 2.17 bits per heavy atom. The Balaban J connectivity index is 2.38. The van der Waals surface area contributed by atoms with Gasteiger partial charge < -0.3 is 0 Å². The van der Waals surface area contributed by atoms with Gasteiger partial charge in [0.15, 0.2) is 0 Å². The van der Waals surface area contributed by atoms with Crippen molar-refractivity contribution in [1.29, 1.82) is 0 Å². The minimum atomic E-state index is -0.0403. The number of hydrogen-bond donors (Lipinski definition) is 2. The number of nitrogens with two attached hydrogens (primary N) is 1. The molecule has 2 aromatic rings. The van der Waals surface area contributed by atoms with Crippen molar-refractivity contribution >= 4 is 15.9 Å². The van der Waals surface area contributed by atoms with Gasteiger partial charge in [-0.2, -0.15) is 5.10 Å². The Morgan fingerprint density at radius 1 is 1.39 bits per heavy atom. The molecule has 5 heteroatoms. The highest BCUT2D eigenvalue weighted by molar-refractivity contribution is 9.10. The van der Waals surface area contributed by atoms with E-state index in [2.05, 4.69) is 58.5 Å². The molecule has 0 radical (unpaired) electrons. The third kappa shape index (κ3) is 2.80. The van der Waals surface area contributed by atoms with Gasteiger partial charge in [0.1, 0.15) is 0 Å². The molecule has 0 spiro atoms. The fraction of sp³-hybridized carbons (Fsp3) is 0.308. The minimum Gasteiger partial charge on any atom is -0.273 e. The molecule has 4 nitrogen and oxygen atoms in total. The molecule has 3 N–H and O–H groups in total. The highest BCUT2D eigenvalue weighted by Crippen LogP contribution is 2.25. The first kappa shape index (κ1) is 13.3. The molecule has 0 saturated heterocycles. The Morgan fingerprint density at radius 3 is 2.72 bits per heavy atom. The summed E-state index contributed by atoms with van der Waals surface area (Å²) in [5, 5.41) is 4.28. The zero-order chi connectivity index (χ0) is 13.1. The first-order valence-corrected chi connectivity index (χ1v) is 6.69. The van der Waals surface area contributed by atoms with E-state index < -0.39 is 0 Å². The van der Waals surface area contributed by atoms with Gasteiger partial charge in [-0.1, -0.05) is 22.0 Å². The average Bonchev–Trinajstić information content (AvgIpc) is 2.77. The normalized spacial score (nSPS) is 12.7. The molecule has 1 unspecified atom stereocenters. The molecule has 0 fully saturated rings. The van der Waals surface area contributed by atoms with Gasteiger partial charge in [0, 0.05) is 22.8 Å². The number of nitrogens with zero attached hydrogens (tertiary/aromatic N) is 2. The maximum absolute atomic E-state index is 5.69. The highest BCUT2D eigenvalue weighted by atomic mass is 79.9. The van der Waals surface area contributed by atoms with Crippen molar-refractivity contribution in [1.82, 2.24) is 15.2 Å². The first-order chi connectivity index (χ1) is 8.63. The van der Waals surface area contributed by atoms with E-state index >= 15 is 0 Å². The Bertz CT molecular complexity index is 515. The van der Waals surface area contributed by atoms with Gasteiger partial charge in [-0.15, -0.1) is 0 Å². The molecule has 0 amide bonds. The molecule has 0 aliphatic rings. The van der Waals surface area contributed by atoms with Crippen LogP contribution in [-0.2, 0) is 6.54 Å². The van der Waals surface area contributed by atoms with Crippen LogP contribution in [0, 0.1) is 6.92 Å². The van der Waals surface area contributed by atoms with Gasteiger partial charge in [0.05, 0.1) is 12.2 Å². The molecule has 0 aliphatic carbocycles. The lowest BCUT2D eigenvalue weighted by atomic mass is 10.0. The van der Waals surface area contributed by atoms with Crippen molar-refractivity contribution < 1.29 is 0 Å². The van der Waals surface area contributed by atoms with Crippen LogP contribution in [0.5, 0.6) is 0 Å². The van der Waals surface area contributed by atoms with Crippen LogP contribution in [0.4, 0.5) is 0 Å². The largest absolute Gasteiger partial charge is 0.273 e. The number of rotatable bonds is 4. The van der Waals surface area contributed by atoms with Gasteiger partial charge in [0.25, 0.3) is 0 Å². The van der Waals surface area contributed by atoms with Gasteiger partial charge in [-0.25, -0.2) is 5.43 Å². The summed E-state index contributed by atoms with van der Waals surface area (Å²) in [6, 6.07) is 6.23. The van der Waals surface area contributed by atoms with Crippen LogP contribution in [0.25, 0.3) is 0 Å². The maximum Gasteiger partial charge on any atom is 0.0741 e. The van der Waals surface area contributed by atoms with E-state index in [1.54, 1.807) is 0 Å². The molecule has 0 saturated carbocycles. The van der Waals surface area contributed by atoms with Crippen LogP contribution in [0.15, 0.2) is 35.1 Å². The van der Waals surface area contributed by atoms with Crippen LogP contribution in [0.3, 0.4) is 0 Å². The van der Waals surface area contributed by atoms with Crippen molar-refractivity contribution in [3.8, 4) is 0 Å². The third-order valence-corrected chi connectivity index (χ3v) is 3.33. The Kier molecular flexibility index (Phi) is 4.16. The summed E-state index contributed by atoms with van der Waals surface area (Å²) in [5.41, 5.74) is 6.24. The fourth-order valence-corrected chi connectivity index (χ4v) is 2.64. The summed E-state index contributed by atoms with van der Waals surface area (Å²) in [6.45, 7) is 4.98. The predicted molar refractivity (Wildman–Crippen MR) is 75.9 cm³/mol. The Hall–Kier alpha value is -1.17. The van der Waals surface area contributed by atoms with E-state index in [0.29, 0.717) is 0 Å². The fourth-order valence-electron chi connectivity index (χ4n) is 2.02. The zero-order valence-electron chi connectivity index (χ0n) is 10.5. The summed E-state index contributed by atoms with van der Waals surface area (Å²) in [4.78, 5) is 0. The maximum atomic E-state index is 5.69. The smallest absolute Gasteiger partial charge is 0.0741 e. The van der Waals surface area contributed by atoms with Crippen molar-refractivity contribution in [2.45, 2.75) is 26.4 Å². The van der Waals surface area contributed by atoms with Crippen molar-refractivity contribution in [3.05, 3.63) is 51.8 Å². The molecule has 1 atom stereocenters. The van der Waals surface area contributed by atoms with Crippen LogP contribution >= 0.6 is 15.9 Å². The standard InChI is InChI=1S/C13H17BrN4/c1-3-18-8-11(7-16-18)13(17-15)10-4-9(2)5-12(14)6-10/h4-8,13,17H,3,15H2,1-2H3. The number of halogens is 1. The van der Waals surface area contributed by atoms with Crippen LogP contribution < -0.4 is 11.3 Å². The van der Waals surface area contributed by atoms with Crippen molar-refractivity contribution in [2.24, 2.45) is 5.84 Å². The van der Waals surface area contributed by atoms with E-state index in [0.717, 1.165) is 22.1 Å². The van der Waals surface area contributed by atoms with E-state index in [-0.39, 0.29) is 6.04 Å². The topological polar surface area (TPSA) is 55.9 Å². The summed E-state index contributed by atoms with van der Waals surface area (Å²) < 4.78 is 2.95. The minimum absolute atomic E-state index is 0.0403. The molecule has 0 bridgehead atoms. The first-order valence-electron chi connectivity index (χ1n) is 5.89. The van der Waals surface area contributed by atoms with E-state index in [4.69, 9.17) is 5.84 Å². The second-order valence-corrected chi connectivity index (χ2v) is 5.21. The SMILES string of the molecule is CCn1cc(C(NN)c2cc(C)cc(Br)c2)cn1. The van der Waals surface area contributed by atoms with Crippen LogP contribution in [0.2, 0.25) is 0 Å². The number of aryl methyl sites for hydroxylation is 2. The zero-order valence-corrected chi connectivity index (χ0v) is 12.1. The molecule has 2 rings (SSSR count). The monoisotopic (exact) mass is 308 g/mol. The number of benzene rings is 1. The summed E-state index contributed by atoms with van der Waals surface area (Å²) in [7, 11) is 0. The van der Waals surface area contributed by atoms with E-state index in [1.807, 2.05) is 17.1 Å². The summed E-state index contributed by atoms with van der Waals surface area (Å²) in [5.74, 6) is 5.69. The highest BCUT2D eigenvalue weighted by Gasteiger charge is 2.15. The van der Waals surface area contributed by atoms with Gasteiger partial charge in [0.2, 0.25) is 0 Å². The van der Waals surface area contributed by atoms with Crippen LogP contribution in [0.1, 0.15) is 29.7 Å². The second-order valence-electron chi connectivity index (χ2n) is 4.29. The summed E-state index contributed by atoms with van der Waals surface area (Å²) >= 11 is 3.51. The predicted octanol–water partition coefficient (Wildman–Crippen LogP) is 2.53. The van der Waals surface area contributed by atoms with Gasteiger partial charge in [-0.3, -0.25) is 10.5 Å². The third-order valence-electron chi connectivity index (χ3n) is 2.87. The molecule has 1 heterocycles. The van der Waals surface area contributed by atoms with E-state index in [9.17, 15) is 0 Å². The second kappa shape index (κ2) is 5.65. The molecule has 18 heavy (non-hydrogen) atoms. The lowest BCUT2D eigenvalue weighted by Gasteiger charge is -2.15. The molecule has 1 aromatic carbocycles. The number of hydrazine groups is 1. The molecule has 0 aliphatic heterocycles. The van der Waals surface area contributed by atoms with Gasteiger partial charge >= 0.3 is 0 Å². The van der Waals surface area contributed by atoms with Crippen molar-refractivity contribution in [2.75, 3.05) is 0 Å². The molecule has 96 valence electrons. The quantitative estimate of drug-likeness (QED) is 0.674. The number of hydrogen-bond acceptors (Lipinski definition) is 3. The Labute approximate surface area is 115 Å². The lowest BCUT2D eigenvalue weighted by Crippen LogP contribution is -2.28. The average molecular weight is 309 g/mol. The van der Waals surface area contributed by atoms with Gasteiger partial charge in [-0.05, 0) is 37.1 Å². The molecular formula is C13H17BrN4. The van der Waals surface area contributed by atoms with Crippen LogP contribution in [-0.4, -0.2) is 9.78 Å². The van der Waals surface area contributed by atoms with Crippen molar-refractivity contribution in [3.63, 3.8) is 0 Å². The number of nitrogens with one attached hydrogen (secondary N) is 1. The molecule has 1 aromatic heterocycles.